The van der Waals surface area contributed by atoms with Crippen molar-refractivity contribution < 1.29 is 9.13 Å². The van der Waals surface area contributed by atoms with Gasteiger partial charge in [-0.15, -0.1) is 0 Å². The van der Waals surface area contributed by atoms with Crippen molar-refractivity contribution in [1.29, 1.82) is 0 Å². The maximum absolute atomic E-state index is 13.0. The van der Waals surface area contributed by atoms with Gasteiger partial charge in [0.05, 0.1) is 19.4 Å². The number of rotatable bonds is 5. The van der Waals surface area contributed by atoms with E-state index in [4.69, 9.17) is 4.74 Å². The van der Waals surface area contributed by atoms with E-state index in [1.54, 1.807) is 6.20 Å². The first-order valence-corrected chi connectivity index (χ1v) is 6.37. The molecule has 0 spiro atoms. The van der Waals surface area contributed by atoms with Crippen LogP contribution in [0, 0.1) is 5.82 Å². The van der Waals surface area contributed by atoms with E-state index in [9.17, 15) is 4.39 Å². The second-order valence-corrected chi connectivity index (χ2v) is 4.71. The van der Waals surface area contributed by atoms with E-state index < -0.39 is 0 Å². The Kier molecular flexibility index (Phi) is 5.04. The summed E-state index contributed by atoms with van der Waals surface area (Å²) in [6, 6.07) is 1.88. The largest absolute Gasteiger partial charge is 0.379 e. The highest BCUT2D eigenvalue weighted by atomic mass is 19.1. The van der Waals surface area contributed by atoms with Gasteiger partial charge < -0.3 is 10.1 Å². The number of morpholine rings is 1. The molecule has 1 aliphatic rings. The summed E-state index contributed by atoms with van der Waals surface area (Å²) in [7, 11) is 0. The van der Waals surface area contributed by atoms with Gasteiger partial charge in [0.15, 0.2) is 0 Å². The fourth-order valence-corrected chi connectivity index (χ4v) is 2.08. The molecule has 1 aromatic heterocycles. The van der Waals surface area contributed by atoms with Crippen LogP contribution in [0.15, 0.2) is 18.5 Å². The Morgan fingerprint density at radius 2 is 2.22 bits per heavy atom. The number of hydrogen-bond donors (Lipinski definition) is 1. The number of nitrogens with zero attached hydrogens (tertiary/aromatic N) is 2. The molecule has 0 saturated carbocycles. The lowest BCUT2D eigenvalue weighted by Crippen LogP contribution is -2.44. The van der Waals surface area contributed by atoms with Gasteiger partial charge in [-0.3, -0.25) is 9.88 Å². The second kappa shape index (κ2) is 6.78. The highest BCUT2D eigenvalue weighted by molar-refractivity contribution is 5.09. The van der Waals surface area contributed by atoms with E-state index in [-0.39, 0.29) is 5.82 Å². The normalized spacial score (nSPS) is 18.8. The lowest BCUT2D eigenvalue weighted by Gasteiger charge is -2.29. The molecule has 1 fully saturated rings. The van der Waals surface area contributed by atoms with Gasteiger partial charge in [0.25, 0.3) is 0 Å². The summed E-state index contributed by atoms with van der Waals surface area (Å²) in [6.45, 7) is 7.41. The summed E-state index contributed by atoms with van der Waals surface area (Å²) in [5.41, 5.74) is 0.879. The predicted molar refractivity (Wildman–Crippen MR) is 67.8 cm³/mol. The predicted octanol–water partition coefficient (Wildman–Crippen LogP) is 1.03. The van der Waals surface area contributed by atoms with Crippen LogP contribution in [0.3, 0.4) is 0 Å². The molecule has 4 nitrogen and oxygen atoms in total. The Labute approximate surface area is 107 Å². The number of pyridine rings is 1. The molecule has 0 aliphatic carbocycles. The quantitative estimate of drug-likeness (QED) is 0.850. The van der Waals surface area contributed by atoms with Gasteiger partial charge in [-0.2, -0.15) is 0 Å². The molecule has 1 aliphatic heterocycles. The van der Waals surface area contributed by atoms with Crippen LogP contribution in [0.25, 0.3) is 0 Å². The molecule has 2 heterocycles. The van der Waals surface area contributed by atoms with Crippen LogP contribution in [0.1, 0.15) is 12.5 Å². The number of hydrogen-bond acceptors (Lipinski definition) is 4. The number of halogens is 1. The van der Waals surface area contributed by atoms with Crippen molar-refractivity contribution in [2.24, 2.45) is 0 Å². The highest BCUT2D eigenvalue weighted by Gasteiger charge is 2.13. The van der Waals surface area contributed by atoms with Crippen LogP contribution in [0.2, 0.25) is 0 Å². The molecule has 0 bridgehead atoms. The average Bonchev–Trinajstić information content (AvgIpc) is 2.38. The Balaban J connectivity index is 1.72. The minimum atomic E-state index is -0.282. The zero-order valence-electron chi connectivity index (χ0n) is 10.7. The lowest BCUT2D eigenvalue weighted by atomic mass is 10.2. The van der Waals surface area contributed by atoms with Gasteiger partial charge in [-0.05, 0) is 18.6 Å². The van der Waals surface area contributed by atoms with Crippen molar-refractivity contribution in [1.82, 2.24) is 15.2 Å². The van der Waals surface area contributed by atoms with Crippen molar-refractivity contribution in [3.05, 3.63) is 29.8 Å². The van der Waals surface area contributed by atoms with E-state index in [0.717, 1.165) is 38.4 Å². The fraction of sp³-hybridized carbons (Fsp3) is 0.615. The fourth-order valence-electron chi connectivity index (χ4n) is 2.08. The number of ether oxygens (including phenoxy) is 1. The first-order chi connectivity index (χ1) is 8.74. The molecule has 1 aromatic rings. The molecular formula is C13H20FN3O. The third-order valence-electron chi connectivity index (χ3n) is 3.05. The molecule has 1 saturated heterocycles. The number of nitrogens with one attached hydrogen (secondary N) is 1. The standard InChI is InChI=1S/C13H20FN3O/c1-11(10-17-2-4-18-5-3-17)16-8-12-6-13(14)9-15-7-12/h6-7,9,11,16H,2-5,8,10H2,1H3. The molecule has 1 unspecified atom stereocenters. The van der Waals surface area contributed by atoms with Crippen LogP contribution in [-0.4, -0.2) is 48.8 Å². The molecule has 0 aromatic carbocycles. The number of aromatic nitrogens is 1. The first kappa shape index (κ1) is 13.4. The average molecular weight is 253 g/mol. The van der Waals surface area contributed by atoms with Crippen LogP contribution >= 0.6 is 0 Å². The first-order valence-electron chi connectivity index (χ1n) is 6.37. The summed E-state index contributed by atoms with van der Waals surface area (Å²) in [6.07, 6.45) is 2.91. The molecule has 2 rings (SSSR count). The van der Waals surface area contributed by atoms with Gasteiger partial charge in [0.1, 0.15) is 5.82 Å². The van der Waals surface area contributed by atoms with Crippen LogP contribution in [0.5, 0.6) is 0 Å². The zero-order chi connectivity index (χ0) is 12.8. The molecule has 1 N–H and O–H groups in total. The molecular weight excluding hydrogens is 233 g/mol. The van der Waals surface area contributed by atoms with Gasteiger partial charge in [-0.25, -0.2) is 4.39 Å². The third kappa shape index (κ3) is 4.33. The molecule has 5 heteroatoms. The summed E-state index contributed by atoms with van der Waals surface area (Å²) in [4.78, 5) is 6.22. The summed E-state index contributed by atoms with van der Waals surface area (Å²) >= 11 is 0. The molecule has 18 heavy (non-hydrogen) atoms. The van der Waals surface area contributed by atoms with Gasteiger partial charge in [-0.1, -0.05) is 0 Å². The van der Waals surface area contributed by atoms with Crippen LogP contribution in [-0.2, 0) is 11.3 Å². The van der Waals surface area contributed by atoms with Crippen molar-refractivity contribution in [3.63, 3.8) is 0 Å². The van der Waals surface area contributed by atoms with E-state index in [1.165, 1.54) is 12.3 Å². The van der Waals surface area contributed by atoms with Crippen LogP contribution < -0.4 is 5.32 Å². The lowest BCUT2D eigenvalue weighted by molar-refractivity contribution is 0.0343. The van der Waals surface area contributed by atoms with E-state index in [0.29, 0.717) is 12.6 Å². The SMILES string of the molecule is CC(CN1CCOCC1)NCc1cncc(F)c1. The summed E-state index contributed by atoms with van der Waals surface area (Å²) in [5.74, 6) is -0.282. The summed E-state index contributed by atoms with van der Waals surface area (Å²) in [5, 5.41) is 3.38. The monoisotopic (exact) mass is 253 g/mol. The maximum atomic E-state index is 13.0. The molecule has 0 radical (unpaired) electrons. The zero-order valence-corrected chi connectivity index (χ0v) is 10.7. The second-order valence-electron chi connectivity index (χ2n) is 4.71. The van der Waals surface area contributed by atoms with Crippen LogP contribution in [0.4, 0.5) is 4.39 Å². The topological polar surface area (TPSA) is 37.4 Å². The van der Waals surface area contributed by atoms with Gasteiger partial charge in [0, 0.05) is 38.4 Å². The third-order valence-corrected chi connectivity index (χ3v) is 3.05. The van der Waals surface area contributed by atoms with E-state index >= 15 is 0 Å². The minimum absolute atomic E-state index is 0.282. The van der Waals surface area contributed by atoms with E-state index in [2.05, 4.69) is 22.1 Å². The van der Waals surface area contributed by atoms with Crippen molar-refractivity contribution in [2.75, 3.05) is 32.8 Å². The Morgan fingerprint density at radius 1 is 1.44 bits per heavy atom. The van der Waals surface area contributed by atoms with Gasteiger partial charge >= 0.3 is 0 Å². The maximum Gasteiger partial charge on any atom is 0.141 e. The molecule has 0 amide bonds. The Bertz CT molecular complexity index is 369. The summed E-state index contributed by atoms with van der Waals surface area (Å²) < 4.78 is 18.3. The molecule has 1 atom stereocenters. The molecule has 100 valence electrons. The van der Waals surface area contributed by atoms with E-state index in [1.807, 2.05) is 0 Å². The van der Waals surface area contributed by atoms with Crippen molar-refractivity contribution >= 4 is 0 Å². The Morgan fingerprint density at radius 3 is 2.94 bits per heavy atom. The van der Waals surface area contributed by atoms with Crippen molar-refractivity contribution in [3.8, 4) is 0 Å². The minimum Gasteiger partial charge on any atom is -0.379 e. The smallest absolute Gasteiger partial charge is 0.141 e. The Hall–Kier alpha value is -1.04. The van der Waals surface area contributed by atoms with Crippen molar-refractivity contribution in [2.45, 2.75) is 19.5 Å². The highest BCUT2D eigenvalue weighted by Crippen LogP contribution is 2.02. The van der Waals surface area contributed by atoms with Gasteiger partial charge in [0.2, 0.25) is 0 Å².